The molecular weight excluding hydrogens is 456 g/mol. The average molecular weight is 486 g/mol. The van der Waals surface area contributed by atoms with Crippen molar-refractivity contribution in [2.45, 2.75) is 38.9 Å². The molecule has 2 atom stereocenters. The number of hydrogen-bond acceptors (Lipinski definition) is 2. The van der Waals surface area contributed by atoms with Crippen molar-refractivity contribution in [3.63, 3.8) is 0 Å². The minimum Gasteiger partial charge on any atom is -0.481 e. The highest BCUT2D eigenvalue weighted by molar-refractivity contribution is 5.69. The van der Waals surface area contributed by atoms with Crippen molar-refractivity contribution in [2.75, 3.05) is 0 Å². The fraction of sp³-hybridized carbons (Fsp3) is 0.194. The van der Waals surface area contributed by atoms with E-state index in [4.69, 9.17) is 0 Å². The summed E-state index contributed by atoms with van der Waals surface area (Å²) in [6, 6.07) is 28.5. The summed E-state index contributed by atoms with van der Waals surface area (Å²) in [4.78, 5) is 14.3. The molecule has 0 heterocycles. The predicted octanol–water partition coefficient (Wildman–Crippen LogP) is 7.72. The maximum absolute atomic E-state index is 14.7. The highest BCUT2D eigenvalue weighted by Gasteiger charge is 2.29. The van der Waals surface area contributed by atoms with E-state index >= 15 is 0 Å². The van der Waals surface area contributed by atoms with Crippen molar-refractivity contribution in [1.29, 1.82) is 0 Å². The van der Waals surface area contributed by atoms with Gasteiger partial charge in [-0.15, -0.1) is 0 Å². The molecule has 184 valence electrons. The van der Waals surface area contributed by atoms with Gasteiger partial charge in [0, 0.05) is 30.3 Å². The molecule has 0 unspecified atom stereocenters. The van der Waals surface area contributed by atoms with E-state index in [1.807, 2.05) is 85.8 Å². The van der Waals surface area contributed by atoms with Gasteiger partial charge < -0.3 is 5.11 Å². The normalized spacial score (nSPS) is 12.9. The maximum Gasteiger partial charge on any atom is 0.305 e. The quantitative estimate of drug-likeness (QED) is 0.264. The number of hydrogen-bond donors (Lipinski definition) is 1. The summed E-state index contributed by atoms with van der Waals surface area (Å²) in [5.74, 6) is -2.21. The highest BCUT2D eigenvalue weighted by Crippen LogP contribution is 2.37. The molecule has 0 fully saturated rings. The molecule has 0 aliphatic carbocycles. The van der Waals surface area contributed by atoms with Crippen LogP contribution in [0.4, 0.5) is 8.78 Å². The molecule has 0 radical (unpaired) electrons. The highest BCUT2D eigenvalue weighted by atomic mass is 19.1. The third-order valence-corrected chi connectivity index (χ3v) is 6.48. The van der Waals surface area contributed by atoms with E-state index in [-0.39, 0.29) is 18.0 Å². The monoisotopic (exact) mass is 485 g/mol. The van der Waals surface area contributed by atoms with Crippen LogP contribution in [-0.2, 0) is 11.3 Å². The molecule has 0 aliphatic heterocycles. The summed E-state index contributed by atoms with van der Waals surface area (Å²) in [7, 11) is 0. The van der Waals surface area contributed by atoms with E-state index < -0.39 is 23.6 Å². The third-order valence-electron chi connectivity index (χ3n) is 6.48. The molecule has 4 aromatic rings. The van der Waals surface area contributed by atoms with Crippen molar-refractivity contribution in [1.82, 2.24) is 4.90 Å². The zero-order valence-corrected chi connectivity index (χ0v) is 20.4. The molecule has 0 amide bonds. The van der Waals surface area contributed by atoms with Crippen LogP contribution in [0.15, 0.2) is 97.1 Å². The summed E-state index contributed by atoms with van der Waals surface area (Å²) >= 11 is 0. The smallest absolute Gasteiger partial charge is 0.305 e. The number of rotatable bonds is 9. The van der Waals surface area contributed by atoms with Gasteiger partial charge in [0.1, 0.15) is 11.6 Å². The van der Waals surface area contributed by atoms with Crippen LogP contribution in [0.3, 0.4) is 0 Å². The molecule has 0 aromatic heterocycles. The Labute approximate surface area is 210 Å². The molecular formula is C31H29F2NO2. The van der Waals surface area contributed by atoms with Crippen molar-refractivity contribution in [3.8, 4) is 11.1 Å². The van der Waals surface area contributed by atoms with Crippen LogP contribution in [0.5, 0.6) is 0 Å². The third kappa shape index (κ3) is 6.04. The zero-order valence-electron chi connectivity index (χ0n) is 20.4. The van der Waals surface area contributed by atoms with Crippen molar-refractivity contribution in [3.05, 3.63) is 131 Å². The first kappa shape index (κ1) is 25.3. The Balaban J connectivity index is 1.83. The van der Waals surface area contributed by atoms with E-state index in [1.54, 1.807) is 0 Å². The summed E-state index contributed by atoms with van der Waals surface area (Å²) in [6.45, 7) is 4.50. The second-order valence-corrected chi connectivity index (χ2v) is 9.11. The first-order chi connectivity index (χ1) is 17.3. The average Bonchev–Trinajstić information content (AvgIpc) is 2.86. The molecule has 5 heteroatoms. The lowest BCUT2D eigenvalue weighted by molar-refractivity contribution is -0.138. The van der Waals surface area contributed by atoms with Gasteiger partial charge in [0.25, 0.3) is 0 Å². The number of halogens is 2. The number of carbonyl (C=O) groups is 1. The molecule has 0 spiro atoms. The second-order valence-electron chi connectivity index (χ2n) is 9.11. The van der Waals surface area contributed by atoms with Crippen molar-refractivity contribution < 1.29 is 18.7 Å². The predicted molar refractivity (Wildman–Crippen MR) is 138 cm³/mol. The van der Waals surface area contributed by atoms with Gasteiger partial charge in [-0.2, -0.15) is 0 Å². The Kier molecular flexibility index (Phi) is 7.91. The van der Waals surface area contributed by atoms with Crippen LogP contribution < -0.4 is 0 Å². The van der Waals surface area contributed by atoms with Gasteiger partial charge in [0.05, 0.1) is 6.42 Å². The van der Waals surface area contributed by atoms with E-state index in [0.717, 1.165) is 28.3 Å². The van der Waals surface area contributed by atoms with Gasteiger partial charge in [0.15, 0.2) is 0 Å². The SMILES string of the molecule is Cc1cc(-c2ccc(F)cc2F)cc([C@H](CC(=O)O)N(Cc2ccccc2)[C@H](C)c2ccccc2)c1. The summed E-state index contributed by atoms with van der Waals surface area (Å²) < 4.78 is 28.2. The number of carboxylic acid groups (broad SMARTS) is 1. The topological polar surface area (TPSA) is 40.5 Å². The van der Waals surface area contributed by atoms with Crippen LogP contribution in [0, 0.1) is 18.6 Å². The second kappa shape index (κ2) is 11.3. The fourth-order valence-corrected chi connectivity index (χ4v) is 4.71. The fourth-order valence-electron chi connectivity index (χ4n) is 4.71. The van der Waals surface area contributed by atoms with Crippen LogP contribution in [-0.4, -0.2) is 16.0 Å². The van der Waals surface area contributed by atoms with E-state index in [2.05, 4.69) is 11.8 Å². The molecule has 3 nitrogen and oxygen atoms in total. The number of carboxylic acids is 1. The summed E-state index contributed by atoms with van der Waals surface area (Å²) in [5.41, 5.74) is 4.64. The van der Waals surface area contributed by atoms with E-state index in [0.29, 0.717) is 12.1 Å². The van der Waals surface area contributed by atoms with Gasteiger partial charge in [-0.05, 0) is 54.3 Å². The van der Waals surface area contributed by atoms with Crippen molar-refractivity contribution in [2.24, 2.45) is 0 Å². The van der Waals surface area contributed by atoms with Crippen LogP contribution in [0.2, 0.25) is 0 Å². The Morgan fingerprint density at radius 1 is 0.861 bits per heavy atom. The Hall–Kier alpha value is -3.83. The Morgan fingerprint density at radius 2 is 1.53 bits per heavy atom. The summed E-state index contributed by atoms with van der Waals surface area (Å²) in [6.07, 6.45) is -0.126. The first-order valence-corrected chi connectivity index (χ1v) is 11.9. The molecule has 4 aromatic carbocycles. The Morgan fingerprint density at radius 3 is 2.17 bits per heavy atom. The molecule has 4 rings (SSSR count). The number of aliphatic carboxylic acids is 1. The zero-order chi connectivity index (χ0) is 25.7. The number of aryl methyl sites for hydroxylation is 1. The minimum atomic E-state index is -0.922. The molecule has 0 bridgehead atoms. The number of nitrogens with zero attached hydrogens (tertiary/aromatic N) is 1. The molecule has 0 aliphatic rings. The first-order valence-electron chi connectivity index (χ1n) is 11.9. The van der Waals surface area contributed by atoms with Gasteiger partial charge in [-0.1, -0.05) is 78.4 Å². The lowest BCUT2D eigenvalue weighted by atomic mass is 9.92. The van der Waals surface area contributed by atoms with E-state index in [1.165, 1.54) is 12.1 Å². The molecule has 1 N–H and O–H groups in total. The Bertz CT molecular complexity index is 1330. The minimum absolute atomic E-state index is 0.0951. The van der Waals surface area contributed by atoms with Crippen LogP contribution >= 0.6 is 0 Å². The van der Waals surface area contributed by atoms with Crippen molar-refractivity contribution >= 4 is 5.97 Å². The van der Waals surface area contributed by atoms with Crippen LogP contribution in [0.25, 0.3) is 11.1 Å². The lowest BCUT2D eigenvalue weighted by Crippen LogP contribution is -2.33. The standard InChI is InChI=1S/C31H29F2NO2/c1-21-15-25(28-14-13-27(32)18-29(28)33)17-26(16-21)30(19-31(35)36)34(20-23-9-5-3-6-10-23)22(2)24-11-7-4-8-12-24/h3-18,22,30H,19-20H2,1-2H3,(H,35,36)/t22-,30+/m1/s1. The summed E-state index contributed by atoms with van der Waals surface area (Å²) in [5, 5.41) is 9.91. The molecule has 36 heavy (non-hydrogen) atoms. The van der Waals surface area contributed by atoms with E-state index in [9.17, 15) is 18.7 Å². The van der Waals surface area contributed by atoms with Gasteiger partial charge in [-0.3, -0.25) is 9.69 Å². The maximum atomic E-state index is 14.7. The number of benzene rings is 4. The van der Waals surface area contributed by atoms with Crippen LogP contribution in [0.1, 0.15) is 47.7 Å². The largest absolute Gasteiger partial charge is 0.481 e. The van der Waals surface area contributed by atoms with Gasteiger partial charge >= 0.3 is 5.97 Å². The molecule has 0 saturated heterocycles. The molecule has 0 saturated carbocycles. The lowest BCUT2D eigenvalue weighted by Gasteiger charge is -2.37. The van der Waals surface area contributed by atoms with Gasteiger partial charge in [0.2, 0.25) is 0 Å². The van der Waals surface area contributed by atoms with Gasteiger partial charge in [-0.25, -0.2) is 8.78 Å².